The van der Waals surface area contributed by atoms with E-state index in [4.69, 9.17) is 18.9 Å². The van der Waals surface area contributed by atoms with Gasteiger partial charge in [0.15, 0.2) is 5.41 Å². The Morgan fingerprint density at radius 1 is 0.871 bits per heavy atom. The maximum atomic E-state index is 13.4. The summed E-state index contributed by atoms with van der Waals surface area (Å²) >= 11 is 0. The van der Waals surface area contributed by atoms with Crippen LogP contribution in [0.3, 0.4) is 0 Å². The number of hydrogen-bond donors (Lipinski definition) is 0. The third kappa shape index (κ3) is 3.54. The van der Waals surface area contributed by atoms with Crippen molar-refractivity contribution in [3.63, 3.8) is 0 Å². The number of esters is 3. The van der Waals surface area contributed by atoms with E-state index in [1.807, 2.05) is 25.1 Å². The zero-order chi connectivity index (χ0) is 22.8. The molecule has 0 heterocycles. The molecule has 2 aromatic rings. The van der Waals surface area contributed by atoms with Gasteiger partial charge in [-0.15, -0.1) is 0 Å². The fourth-order valence-corrected chi connectivity index (χ4v) is 4.59. The number of aryl methyl sites for hydroxylation is 1. The summed E-state index contributed by atoms with van der Waals surface area (Å²) in [5, 5.41) is 0. The number of ether oxygens (including phenoxy) is 4. The summed E-state index contributed by atoms with van der Waals surface area (Å²) in [6, 6.07) is 12.7. The number of methoxy groups -OCH3 is 4. The van der Waals surface area contributed by atoms with Crippen molar-refractivity contribution < 1.29 is 33.3 Å². The molecule has 0 amide bonds. The molecule has 0 aliphatic heterocycles. The Hall–Kier alpha value is -3.35. The lowest BCUT2D eigenvalue weighted by Gasteiger charge is -2.44. The molecule has 0 N–H and O–H groups in total. The molecule has 2 atom stereocenters. The summed E-state index contributed by atoms with van der Waals surface area (Å²) in [6.45, 7) is 1.88. The molecular weight excluding hydrogens is 400 g/mol. The summed E-state index contributed by atoms with van der Waals surface area (Å²) in [5.74, 6) is -3.72. The number of benzene rings is 2. The monoisotopic (exact) mass is 426 g/mol. The third-order valence-corrected chi connectivity index (χ3v) is 6.04. The second-order valence-electron chi connectivity index (χ2n) is 7.54. The van der Waals surface area contributed by atoms with Gasteiger partial charge in [0, 0.05) is 5.92 Å². The van der Waals surface area contributed by atoms with Gasteiger partial charge in [-0.25, -0.2) is 0 Å². The predicted molar refractivity (Wildman–Crippen MR) is 112 cm³/mol. The first-order chi connectivity index (χ1) is 14.8. The molecule has 2 aromatic carbocycles. The minimum Gasteiger partial charge on any atom is -0.497 e. The van der Waals surface area contributed by atoms with Crippen molar-refractivity contribution in [2.45, 2.75) is 25.2 Å². The molecule has 31 heavy (non-hydrogen) atoms. The number of fused-ring (bicyclic) bond motifs is 1. The highest BCUT2D eigenvalue weighted by molar-refractivity contribution is 6.07. The van der Waals surface area contributed by atoms with Crippen molar-refractivity contribution >= 4 is 17.9 Å². The fourth-order valence-electron chi connectivity index (χ4n) is 4.59. The molecule has 0 saturated carbocycles. The quantitative estimate of drug-likeness (QED) is 0.413. The van der Waals surface area contributed by atoms with Crippen LogP contribution in [0.15, 0.2) is 42.5 Å². The van der Waals surface area contributed by atoms with E-state index in [-0.39, 0.29) is 0 Å². The van der Waals surface area contributed by atoms with Gasteiger partial charge in [-0.05, 0) is 42.2 Å². The van der Waals surface area contributed by atoms with E-state index >= 15 is 0 Å². The largest absolute Gasteiger partial charge is 0.497 e. The maximum absolute atomic E-state index is 13.4. The number of carbonyl (C=O) groups is 3. The molecule has 0 fully saturated rings. The summed E-state index contributed by atoms with van der Waals surface area (Å²) in [7, 11) is 5.17. The molecule has 0 bridgehead atoms. The van der Waals surface area contributed by atoms with Crippen LogP contribution < -0.4 is 4.74 Å². The molecule has 164 valence electrons. The van der Waals surface area contributed by atoms with E-state index in [1.165, 1.54) is 21.3 Å². The normalized spacial score (nSPS) is 19.0. The van der Waals surface area contributed by atoms with Crippen molar-refractivity contribution in [2.75, 3.05) is 28.4 Å². The summed E-state index contributed by atoms with van der Waals surface area (Å²) in [4.78, 5) is 39.8. The second kappa shape index (κ2) is 8.79. The zero-order valence-corrected chi connectivity index (χ0v) is 18.3. The number of hydrogen-bond acceptors (Lipinski definition) is 7. The lowest BCUT2D eigenvalue weighted by molar-refractivity contribution is -0.179. The van der Waals surface area contributed by atoms with Crippen LogP contribution in [-0.4, -0.2) is 46.3 Å². The molecule has 0 radical (unpaired) electrons. The first-order valence-corrected chi connectivity index (χ1v) is 9.83. The summed E-state index contributed by atoms with van der Waals surface area (Å²) in [6.07, 6.45) is 0.333. The third-order valence-electron chi connectivity index (χ3n) is 6.04. The molecule has 3 rings (SSSR count). The Balaban J connectivity index is 2.38. The Morgan fingerprint density at radius 2 is 1.48 bits per heavy atom. The standard InChI is InChI=1S/C24H26O7/c1-14-6-7-16-13-19(15-8-10-17(28-2)11-9-15)24(22(26)30-4,23(27)31-5)20(18(16)12-14)21(25)29-3/h6-12,19-20H,13H2,1-5H3/t19-,20-/m0/s1. The topological polar surface area (TPSA) is 88.1 Å². The Bertz CT molecular complexity index is 977. The first-order valence-electron chi connectivity index (χ1n) is 9.83. The lowest BCUT2D eigenvalue weighted by Crippen LogP contribution is -2.55. The van der Waals surface area contributed by atoms with Crippen molar-refractivity contribution in [1.82, 2.24) is 0 Å². The molecule has 0 unspecified atom stereocenters. The Labute approximate surface area is 181 Å². The van der Waals surface area contributed by atoms with Crippen LogP contribution in [0.4, 0.5) is 0 Å². The summed E-state index contributed by atoms with van der Waals surface area (Å²) < 4.78 is 20.5. The van der Waals surface area contributed by atoms with Crippen molar-refractivity contribution in [1.29, 1.82) is 0 Å². The van der Waals surface area contributed by atoms with Crippen LogP contribution in [-0.2, 0) is 35.0 Å². The van der Waals surface area contributed by atoms with E-state index in [0.29, 0.717) is 23.3 Å². The highest BCUT2D eigenvalue weighted by Gasteiger charge is 2.65. The molecule has 0 saturated heterocycles. The SMILES string of the molecule is COC(=O)[C@@H]1c2cc(C)ccc2C[C@@H](c2ccc(OC)cc2)C1(C(=O)OC)C(=O)OC. The van der Waals surface area contributed by atoms with Gasteiger partial charge < -0.3 is 18.9 Å². The van der Waals surface area contributed by atoms with Gasteiger partial charge in [0.25, 0.3) is 0 Å². The minimum atomic E-state index is -1.95. The smallest absolute Gasteiger partial charge is 0.325 e. The average molecular weight is 426 g/mol. The van der Waals surface area contributed by atoms with E-state index < -0.39 is 35.2 Å². The van der Waals surface area contributed by atoms with Crippen LogP contribution in [0.25, 0.3) is 0 Å². The van der Waals surface area contributed by atoms with Crippen LogP contribution in [0.5, 0.6) is 5.75 Å². The van der Waals surface area contributed by atoms with E-state index in [9.17, 15) is 14.4 Å². The van der Waals surface area contributed by atoms with Gasteiger partial charge in [-0.1, -0.05) is 35.9 Å². The highest BCUT2D eigenvalue weighted by Crippen LogP contribution is 2.55. The van der Waals surface area contributed by atoms with Crippen LogP contribution in [0.2, 0.25) is 0 Å². The van der Waals surface area contributed by atoms with Crippen LogP contribution in [0, 0.1) is 12.3 Å². The average Bonchev–Trinajstić information content (AvgIpc) is 2.81. The molecule has 1 aliphatic carbocycles. The van der Waals surface area contributed by atoms with Crippen molar-refractivity contribution in [2.24, 2.45) is 5.41 Å². The van der Waals surface area contributed by atoms with Gasteiger partial charge in [0.1, 0.15) is 11.7 Å². The Morgan fingerprint density at radius 3 is 2.00 bits per heavy atom. The van der Waals surface area contributed by atoms with Crippen LogP contribution in [0.1, 0.15) is 34.1 Å². The maximum Gasteiger partial charge on any atom is 0.325 e. The second-order valence-corrected chi connectivity index (χ2v) is 7.54. The van der Waals surface area contributed by atoms with Gasteiger partial charge in [0.05, 0.1) is 28.4 Å². The molecule has 0 spiro atoms. The highest BCUT2D eigenvalue weighted by atomic mass is 16.6. The first kappa shape index (κ1) is 22.3. The number of carbonyl (C=O) groups excluding carboxylic acids is 3. The molecular formula is C24H26O7. The Kier molecular flexibility index (Phi) is 6.34. The lowest BCUT2D eigenvalue weighted by atomic mass is 9.56. The van der Waals surface area contributed by atoms with Gasteiger partial charge >= 0.3 is 17.9 Å². The number of rotatable bonds is 5. The van der Waals surface area contributed by atoms with E-state index in [2.05, 4.69) is 0 Å². The molecule has 7 heteroatoms. The van der Waals surface area contributed by atoms with Crippen LogP contribution >= 0.6 is 0 Å². The van der Waals surface area contributed by atoms with Crippen molar-refractivity contribution in [3.8, 4) is 5.75 Å². The zero-order valence-electron chi connectivity index (χ0n) is 18.3. The van der Waals surface area contributed by atoms with Gasteiger partial charge in [-0.2, -0.15) is 0 Å². The molecule has 1 aliphatic rings. The summed E-state index contributed by atoms with van der Waals surface area (Å²) in [5.41, 5.74) is 1.03. The molecule has 0 aromatic heterocycles. The van der Waals surface area contributed by atoms with Gasteiger partial charge in [0.2, 0.25) is 0 Å². The van der Waals surface area contributed by atoms with E-state index in [0.717, 1.165) is 11.1 Å². The molecule has 7 nitrogen and oxygen atoms in total. The minimum absolute atomic E-state index is 0.333. The van der Waals surface area contributed by atoms with Gasteiger partial charge in [-0.3, -0.25) is 14.4 Å². The predicted octanol–water partition coefficient (Wildman–Crippen LogP) is 2.93. The van der Waals surface area contributed by atoms with E-state index in [1.54, 1.807) is 31.4 Å². The fraction of sp³-hybridized carbons (Fsp3) is 0.375. The van der Waals surface area contributed by atoms with Crippen molar-refractivity contribution in [3.05, 3.63) is 64.7 Å².